The van der Waals surface area contributed by atoms with Gasteiger partial charge in [0.25, 0.3) is 0 Å². The number of hydrogen-bond donors (Lipinski definition) is 0. The van der Waals surface area contributed by atoms with Gasteiger partial charge < -0.3 is 0 Å². The average molecular weight is 196 g/mol. The summed E-state index contributed by atoms with van der Waals surface area (Å²) >= 11 is 0. The molecule has 0 spiro atoms. The predicted molar refractivity (Wildman–Crippen MR) is 53.4 cm³/mol. The van der Waals surface area contributed by atoms with Crippen LogP contribution in [0, 0.1) is 6.92 Å². The molecule has 1 rings (SSSR count). The molecule has 0 aliphatic carbocycles. The van der Waals surface area contributed by atoms with Gasteiger partial charge in [-0.2, -0.15) is 0 Å². The lowest BCUT2D eigenvalue weighted by Gasteiger charge is -2.04. The first-order valence-electron chi connectivity index (χ1n) is 3.97. The molecule has 0 unspecified atom stereocenters. The highest BCUT2D eigenvalue weighted by molar-refractivity contribution is 7.91. The van der Waals surface area contributed by atoms with E-state index in [-0.39, 0.29) is 5.75 Å². The standard InChI is InChI=1S/C10H12O2S/c1-3-8-13(11,12)10-7-5-4-6-9(10)2/h3-7H,1,8H2,2H3. The minimum absolute atomic E-state index is 0.00213. The SMILES string of the molecule is C=CCS(=O)(=O)c1ccccc1C. The van der Waals surface area contributed by atoms with Crippen LogP contribution >= 0.6 is 0 Å². The third kappa shape index (κ3) is 2.18. The first kappa shape index (κ1) is 9.99. The summed E-state index contributed by atoms with van der Waals surface area (Å²) < 4.78 is 23.2. The Bertz CT molecular complexity index is 405. The van der Waals surface area contributed by atoms with E-state index in [1.807, 2.05) is 6.07 Å². The molecule has 3 heteroatoms. The van der Waals surface area contributed by atoms with Crippen LogP contribution in [0.2, 0.25) is 0 Å². The molecule has 13 heavy (non-hydrogen) atoms. The Morgan fingerprint density at radius 3 is 2.54 bits per heavy atom. The van der Waals surface area contributed by atoms with Crippen molar-refractivity contribution in [2.24, 2.45) is 0 Å². The van der Waals surface area contributed by atoms with E-state index in [0.717, 1.165) is 5.56 Å². The normalized spacial score (nSPS) is 11.2. The van der Waals surface area contributed by atoms with Crippen molar-refractivity contribution in [1.82, 2.24) is 0 Å². The summed E-state index contributed by atoms with van der Waals surface area (Å²) in [5.74, 6) is -0.00213. The molecule has 0 amide bonds. The first-order valence-corrected chi connectivity index (χ1v) is 5.62. The maximum Gasteiger partial charge on any atom is 0.182 e. The van der Waals surface area contributed by atoms with Gasteiger partial charge in [0.15, 0.2) is 9.84 Å². The Balaban J connectivity index is 3.22. The molecule has 0 aliphatic heterocycles. The Morgan fingerprint density at radius 1 is 1.38 bits per heavy atom. The van der Waals surface area contributed by atoms with Crippen LogP contribution in [0.1, 0.15) is 5.56 Å². The smallest absolute Gasteiger partial charge is 0.182 e. The maximum atomic E-state index is 11.6. The molecule has 70 valence electrons. The maximum absolute atomic E-state index is 11.6. The average Bonchev–Trinajstić information content (AvgIpc) is 2.04. The highest BCUT2D eigenvalue weighted by Crippen LogP contribution is 2.15. The minimum Gasteiger partial charge on any atom is -0.223 e. The second-order valence-electron chi connectivity index (χ2n) is 2.84. The number of benzene rings is 1. The molecular weight excluding hydrogens is 184 g/mol. The van der Waals surface area contributed by atoms with Crippen molar-refractivity contribution in [2.45, 2.75) is 11.8 Å². The third-order valence-electron chi connectivity index (χ3n) is 1.77. The Kier molecular flexibility index (Phi) is 2.88. The lowest BCUT2D eigenvalue weighted by Crippen LogP contribution is -2.05. The monoisotopic (exact) mass is 196 g/mol. The molecule has 0 aromatic heterocycles. The van der Waals surface area contributed by atoms with E-state index in [1.165, 1.54) is 6.08 Å². The van der Waals surface area contributed by atoms with Crippen LogP contribution in [0.25, 0.3) is 0 Å². The summed E-state index contributed by atoms with van der Waals surface area (Å²) in [5, 5.41) is 0. The van der Waals surface area contributed by atoms with E-state index in [4.69, 9.17) is 0 Å². The van der Waals surface area contributed by atoms with Gasteiger partial charge in [-0.15, -0.1) is 6.58 Å². The first-order chi connectivity index (χ1) is 6.08. The fraction of sp³-hybridized carbons (Fsp3) is 0.200. The largest absolute Gasteiger partial charge is 0.223 e. The van der Waals surface area contributed by atoms with Gasteiger partial charge in [-0.05, 0) is 18.6 Å². The second kappa shape index (κ2) is 3.75. The van der Waals surface area contributed by atoms with Crippen molar-refractivity contribution >= 4 is 9.84 Å². The summed E-state index contributed by atoms with van der Waals surface area (Å²) in [6, 6.07) is 6.95. The van der Waals surface area contributed by atoms with Gasteiger partial charge in [-0.25, -0.2) is 8.42 Å². The zero-order valence-corrected chi connectivity index (χ0v) is 8.34. The zero-order valence-electron chi connectivity index (χ0n) is 7.53. The number of sulfone groups is 1. The Hall–Kier alpha value is -1.09. The molecule has 0 fully saturated rings. The molecule has 1 aromatic carbocycles. The van der Waals surface area contributed by atoms with Crippen molar-refractivity contribution in [2.75, 3.05) is 5.75 Å². The Morgan fingerprint density at radius 2 is 2.00 bits per heavy atom. The van der Waals surface area contributed by atoms with E-state index in [0.29, 0.717) is 4.90 Å². The van der Waals surface area contributed by atoms with Gasteiger partial charge in [-0.3, -0.25) is 0 Å². The zero-order chi connectivity index (χ0) is 9.90. The Labute approximate surface area is 78.8 Å². The topological polar surface area (TPSA) is 34.1 Å². The summed E-state index contributed by atoms with van der Waals surface area (Å²) in [5.41, 5.74) is 0.782. The predicted octanol–water partition coefficient (Wildman–Crippen LogP) is 1.95. The van der Waals surface area contributed by atoms with Crippen LogP contribution in [0.4, 0.5) is 0 Å². The van der Waals surface area contributed by atoms with E-state index >= 15 is 0 Å². The molecule has 0 bridgehead atoms. The number of hydrogen-bond acceptors (Lipinski definition) is 2. The van der Waals surface area contributed by atoms with Crippen LogP contribution in [-0.4, -0.2) is 14.2 Å². The van der Waals surface area contributed by atoms with Gasteiger partial charge in [0.2, 0.25) is 0 Å². The number of rotatable bonds is 3. The van der Waals surface area contributed by atoms with Crippen molar-refractivity contribution in [3.8, 4) is 0 Å². The fourth-order valence-corrected chi connectivity index (χ4v) is 2.48. The molecule has 0 heterocycles. The van der Waals surface area contributed by atoms with Crippen molar-refractivity contribution < 1.29 is 8.42 Å². The summed E-state index contributed by atoms with van der Waals surface area (Å²) in [7, 11) is -3.16. The van der Waals surface area contributed by atoms with E-state index < -0.39 is 9.84 Å². The van der Waals surface area contributed by atoms with Gasteiger partial charge >= 0.3 is 0 Å². The quantitative estimate of drug-likeness (QED) is 0.692. The molecule has 0 saturated heterocycles. The third-order valence-corrected chi connectivity index (χ3v) is 3.57. The van der Waals surface area contributed by atoms with Crippen LogP contribution in [0.15, 0.2) is 41.8 Å². The van der Waals surface area contributed by atoms with Crippen LogP contribution in [0.5, 0.6) is 0 Å². The van der Waals surface area contributed by atoms with Crippen LogP contribution in [-0.2, 0) is 9.84 Å². The van der Waals surface area contributed by atoms with E-state index in [2.05, 4.69) is 6.58 Å². The molecule has 1 aromatic rings. The van der Waals surface area contributed by atoms with Crippen LogP contribution < -0.4 is 0 Å². The van der Waals surface area contributed by atoms with Crippen LogP contribution in [0.3, 0.4) is 0 Å². The fourth-order valence-electron chi connectivity index (χ4n) is 1.15. The van der Waals surface area contributed by atoms with Gasteiger partial charge in [0.05, 0.1) is 10.6 Å². The van der Waals surface area contributed by atoms with Gasteiger partial charge in [0, 0.05) is 0 Å². The molecule has 0 N–H and O–H groups in total. The highest BCUT2D eigenvalue weighted by atomic mass is 32.2. The summed E-state index contributed by atoms with van der Waals surface area (Å²) in [6.45, 7) is 5.21. The van der Waals surface area contributed by atoms with Gasteiger partial charge in [-0.1, -0.05) is 24.3 Å². The molecule has 0 aliphatic rings. The van der Waals surface area contributed by atoms with Gasteiger partial charge in [0.1, 0.15) is 0 Å². The molecule has 0 atom stereocenters. The van der Waals surface area contributed by atoms with Crippen molar-refractivity contribution in [1.29, 1.82) is 0 Å². The van der Waals surface area contributed by atoms with E-state index in [1.54, 1.807) is 25.1 Å². The molecule has 0 saturated carbocycles. The molecule has 2 nitrogen and oxygen atoms in total. The number of aryl methyl sites for hydroxylation is 1. The lowest BCUT2D eigenvalue weighted by atomic mass is 10.2. The second-order valence-corrected chi connectivity index (χ2v) is 4.84. The highest BCUT2D eigenvalue weighted by Gasteiger charge is 2.13. The molecular formula is C10H12O2S. The van der Waals surface area contributed by atoms with Crippen molar-refractivity contribution in [3.63, 3.8) is 0 Å². The summed E-state index contributed by atoms with van der Waals surface area (Å²) in [4.78, 5) is 0.398. The van der Waals surface area contributed by atoms with E-state index in [9.17, 15) is 8.42 Å². The minimum atomic E-state index is -3.16. The summed E-state index contributed by atoms with van der Waals surface area (Å²) in [6.07, 6.45) is 1.40. The lowest BCUT2D eigenvalue weighted by molar-refractivity contribution is 0.598. The molecule has 0 radical (unpaired) electrons. The van der Waals surface area contributed by atoms with Crippen molar-refractivity contribution in [3.05, 3.63) is 42.5 Å².